The fourth-order valence-corrected chi connectivity index (χ4v) is 1.35. The molecule has 0 N–H and O–H groups in total. The number of benzene rings is 1. The Hall–Kier alpha value is -0.940. The maximum Gasteiger partial charge on any atom is 0.123 e. The summed E-state index contributed by atoms with van der Waals surface area (Å²) in [4.78, 5) is 20.4. The Morgan fingerprint density at radius 3 is 1.52 bits per heavy atom. The van der Waals surface area contributed by atoms with E-state index in [-0.39, 0.29) is 11.2 Å². The summed E-state index contributed by atoms with van der Waals surface area (Å²) in [5.41, 5.74) is 0.227. The molecule has 0 unspecified atom stereocenters. The first-order valence-corrected chi connectivity index (χ1v) is 8.10. The zero-order valence-electron chi connectivity index (χ0n) is 16.2. The van der Waals surface area contributed by atoms with Crippen LogP contribution in [0.25, 0.3) is 0 Å². The first-order chi connectivity index (χ1) is 10.4. The minimum Gasteiger partial charge on any atom is -0.236 e. The van der Waals surface area contributed by atoms with E-state index in [1.807, 2.05) is 92.6 Å². The normalized spacial score (nSPS) is 12.6. The lowest BCUT2D eigenvalue weighted by molar-refractivity contribution is -0.401. The molecule has 0 radical (unpaired) electrons. The third kappa shape index (κ3) is 12.2. The molecule has 0 saturated heterocycles. The molecular formula is C19H34O4. The molecule has 0 bridgehead atoms. The number of hydrogen-bond donors (Lipinski definition) is 0. The van der Waals surface area contributed by atoms with E-state index in [0.29, 0.717) is 6.61 Å². The summed E-state index contributed by atoms with van der Waals surface area (Å²) in [7, 11) is 0. The van der Waals surface area contributed by atoms with Gasteiger partial charge < -0.3 is 0 Å². The fraction of sp³-hybridized carbons (Fsp3) is 0.684. The molecule has 0 atom stereocenters. The van der Waals surface area contributed by atoms with Crippen LogP contribution in [0.15, 0.2) is 30.3 Å². The van der Waals surface area contributed by atoms with Crippen molar-refractivity contribution in [3.05, 3.63) is 35.9 Å². The van der Waals surface area contributed by atoms with E-state index in [1.165, 1.54) is 0 Å². The van der Waals surface area contributed by atoms with Crippen molar-refractivity contribution >= 4 is 0 Å². The van der Waals surface area contributed by atoms with Crippen LogP contribution in [0.2, 0.25) is 0 Å². The minimum absolute atomic E-state index is 0.171. The van der Waals surface area contributed by atoms with E-state index in [1.54, 1.807) is 0 Å². The highest BCUT2D eigenvalue weighted by Crippen LogP contribution is 2.26. The summed E-state index contributed by atoms with van der Waals surface area (Å²) in [6, 6.07) is 10.1. The van der Waals surface area contributed by atoms with Crippen molar-refractivity contribution in [1.82, 2.24) is 0 Å². The molecule has 0 aromatic heterocycles. The molecule has 1 aromatic rings. The van der Waals surface area contributed by atoms with Crippen LogP contribution in [0.1, 0.15) is 67.9 Å². The lowest BCUT2D eigenvalue weighted by Crippen LogP contribution is -2.28. The van der Waals surface area contributed by atoms with Crippen molar-refractivity contribution in [2.75, 3.05) is 6.61 Å². The molecule has 1 aromatic carbocycles. The predicted molar refractivity (Wildman–Crippen MR) is 93.9 cm³/mol. The smallest absolute Gasteiger partial charge is 0.123 e. The second kappa shape index (κ2) is 9.38. The van der Waals surface area contributed by atoms with Gasteiger partial charge in [-0.05, 0) is 67.9 Å². The Kier molecular flexibility index (Phi) is 9.00. The maximum atomic E-state index is 5.48. The summed E-state index contributed by atoms with van der Waals surface area (Å²) in [6.45, 7) is 18.2. The number of rotatable bonds is 5. The molecular weight excluding hydrogens is 292 g/mol. The highest BCUT2D eigenvalue weighted by molar-refractivity contribution is 5.20. The Balaban J connectivity index is 0.000000515. The van der Waals surface area contributed by atoms with Crippen molar-refractivity contribution in [1.29, 1.82) is 0 Å². The quantitative estimate of drug-likeness (QED) is 0.534. The Bertz CT molecular complexity index is 413. The van der Waals surface area contributed by atoms with E-state index in [2.05, 4.69) is 0 Å². The molecule has 4 heteroatoms. The Labute approximate surface area is 141 Å². The standard InChI is InChI=1S/C13H20O2.C6H14O2/c1-12(2,3)14-15-13(4,5)11-9-7-6-8-10-11;1-5-7-8-6(2,3)4/h6-10H,1-5H3;5H2,1-4H3. The first kappa shape index (κ1) is 22.1. The van der Waals surface area contributed by atoms with Gasteiger partial charge in [0.15, 0.2) is 0 Å². The minimum atomic E-state index is -0.422. The largest absolute Gasteiger partial charge is 0.236 e. The summed E-state index contributed by atoms with van der Waals surface area (Å²) in [6.07, 6.45) is 0. The van der Waals surface area contributed by atoms with E-state index in [9.17, 15) is 0 Å². The lowest BCUT2D eigenvalue weighted by atomic mass is 9.99. The summed E-state index contributed by atoms with van der Waals surface area (Å²) in [5.74, 6) is 0. The summed E-state index contributed by atoms with van der Waals surface area (Å²) in [5, 5.41) is 0. The monoisotopic (exact) mass is 326 g/mol. The zero-order valence-corrected chi connectivity index (χ0v) is 16.2. The van der Waals surface area contributed by atoms with Gasteiger partial charge in [0.25, 0.3) is 0 Å². The molecule has 0 heterocycles. The molecule has 0 spiro atoms. The molecule has 0 aliphatic heterocycles. The molecule has 0 fully saturated rings. The predicted octanol–water partition coefficient (Wildman–Crippen LogP) is 5.42. The van der Waals surface area contributed by atoms with Crippen LogP contribution in [-0.2, 0) is 25.2 Å². The molecule has 0 aliphatic rings. The van der Waals surface area contributed by atoms with Gasteiger partial charge in [0.1, 0.15) is 5.60 Å². The van der Waals surface area contributed by atoms with Crippen molar-refractivity contribution in [2.45, 2.75) is 79.1 Å². The van der Waals surface area contributed by atoms with E-state index >= 15 is 0 Å². The van der Waals surface area contributed by atoms with E-state index in [0.717, 1.165) is 5.56 Å². The van der Waals surface area contributed by atoms with Crippen LogP contribution in [0.4, 0.5) is 0 Å². The topological polar surface area (TPSA) is 36.9 Å². The van der Waals surface area contributed by atoms with Gasteiger partial charge in [-0.15, -0.1) is 0 Å². The fourth-order valence-electron chi connectivity index (χ4n) is 1.35. The third-order valence-corrected chi connectivity index (χ3v) is 2.40. The maximum absolute atomic E-state index is 5.48. The Morgan fingerprint density at radius 2 is 1.17 bits per heavy atom. The average molecular weight is 326 g/mol. The highest BCUT2D eigenvalue weighted by Gasteiger charge is 2.25. The second-order valence-corrected chi connectivity index (χ2v) is 7.76. The van der Waals surface area contributed by atoms with Gasteiger partial charge in [0.05, 0.1) is 17.8 Å². The molecule has 0 aliphatic carbocycles. The van der Waals surface area contributed by atoms with Crippen molar-refractivity contribution in [2.24, 2.45) is 0 Å². The van der Waals surface area contributed by atoms with Crippen molar-refractivity contribution in [3.8, 4) is 0 Å². The van der Waals surface area contributed by atoms with Gasteiger partial charge >= 0.3 is 0 Å². The van der Waals surface area contributed by atoms with Gasteiger partial charge in [0.2, 0.25) is 0 Å². The molecule has 1 rings (SSSR count). The van der Waals surface area contributed by atoms with E-state index < -0.39 is 5.60 Å². The van der Waals surface area contributed by atoms with Gasteiger partial charge in [-0.1, -0.05) is 30.3 Å². The van der Waals surface area contributed by atoms with Crippen LogP contribution < -0.4 is 0 Å². The molecule has 0 amide bonds. The summed E-state index contributed by atoms with van der Waals surface area (Å²) >= 11 is 0. The SMILES string of the molecule is CC(C)(C)OOC(C)(C)c1ccccc1.CCOOC(C)(C)C. The average Bonchev–Trinajstić information content (AvgIpc) is 2.43. The van der Waals surface area contributed by atoms with Crippen LogP contribution in [0, 0.1) is 0 Å². The molecule has 134 valence electrons. The van der Waals surface area contributed by atoms with Gasteiger partial charge in [-0.2, -0.15) is 0 Å². The second-order valence-electron chi connectivity index (χ2n) is 7.76. The Morgan fingerprint density at radius 1 is 0.696 bits per heavy atom. The molecule has 0 saturated carbocycles. The third-order valence-electron chi connectivity index (χ3n) is 2.40. The van der Waals surface area contributed by atoms with Gasteiger partial charge in [-0.3, -0.25) is 0 Å². The van der Waals surface area contributed by atoms with Crippen LogP contribution in [-0.4, -0.2) is 17.8 Å². The molecule has 23 heavy (non-hydrogen) atoms. The van der Waals surface area contributed by atoms with Crippen molar-refractivity contribution in [3.63, 3.8) is 0 Å². The number of hydrogen-bond acceptors (Lipinski definition) is 4. The van der Waals surface area contributed by atoms with Crippen LogP contribution in [0.5, 0.6) is 0 Å². The van der Waals surface area contributed by atoms with Gasteiger partial charge in [-0.25, -0.2) is 19.6 Å². The van der Waals surface area contributed by atoms with Crippen LogP contribution in [0.3, 0.4) is 0 Å². The lowest BCUT2D eigenvalue weighted by Gasteiger charge is -2.28. The first-order valence-electron chi connectivity index (χ1n) is 8.10. The van der Waals surface area contributed by atoms with Crippen LogP contribution >= 0.6 is 0 Å². The van der Waals surface area contributed by atoms with Gasteiger partial charge in [0, 0.05) is 0 Å². The van der Waals surface area contributed by atoms with E-state index in [4.69, 9.17) is 19.6 Å². The highest BCUT2D eigenvalue weighted by atomic mass is 17.2. The van der Waals surface area contributed by atoms with Crippen molar-refractivity contribution < 1.29 is 19.6 Å². The zero-order chi connectivity index (χ0) is 18.1. The summed E-state index contributed by atoms with van der Waals surface area (Å²) < 4.78 is 0. The molecule has 4 nitrogen and oxygen atoms in total.